The van der Waals surface area contributed by atoms with E-state index in [1.165, 1.54) is 5.69 Å². The highest BCUT2D eigenvalue weighted by atomic mass is 35.5. The minimum atomic E-state index is 0.0741. The Morgan fingerprint density at radius 2 is 1.89 bits per heavy atom. The highest BCUT2D eigenvalue weighted by Crippen LogP contribution is 2.36. The largest absolute Gasteiger partial charge is 0.360 e. The van der Waals surface area contributed by atoms with Gasteiger partial charge in [0.2, 0.25) is 0 Å². The first-order valence-electron chi connectivity index (χ1n) is 6.60. The summed E-state index contributed by atoms with van der Waals surface area (Å²) in [6.45, 7) is 11.2. The average molecular weight is 267 g/mol. The minimum Gasteiger partial charge on any atom is -0.360 e. The van der Waals surface area contributed by atoms with E-state index in [0.29, 0.717) is 0 Å². The second-order valence-corrected chi connectivity index (χ2v) is 6.80. The Morgan fingerprint density at radius 3 is 2.56 bits per heavy atom. The quantitative estimate of drug-likeness (QED) is 0.834. The third-order valence-corrected chi connectivity index (χ3v) is 3.98. The fraction of sp³-hybridized carbons (Fsp3) is 0.600. The van der Waals surface area contributed by atoms with Crippen molar-refractivity contribution in [2.45, 2.75) is 45.2 Å². The van der Waals surface area contributed by atoms with Gasteiger partial charge in [-0.05, 0) is 58.9 Å². The van der Waals surface area contributed by atoms with Gasteiger partial charge in [-0.2, -0.15) is 0 Å². The van der Waals surface area contributed by atoms with E-state index in [0.717, 1.165) is 24.5 Å². The molecule has 1 saturated heterocycles. The zero-order valence-electron chi connectivity index (χ0n) is 11.8. The summed E-state index contributed by atoms with van der Waals surface area (Å²) in [5.74, 6) is 0. The molecule has 0 aliphatic carbocycles. The van der Waals surface area contributed by atoms with E-state index >= 15 is 0 Å². The molecule has 2 nitrogen and oxygen atoms in total. The van der Waals surface area contributed by atoms with Gasteiger partial charge in [0, 0.05) is 28.3 Å². The van der Waals surface area contributed by atoms with Crippen LogP contribution in [0.4, 0.5) is 5.69 Å². The van der Waals surface area contributed by atoms with Gasteiger partial charge in [0.05, 0.1) is 0 Å². The van der Waals surface area contributed by atoms with Crippen LogP contribution in [0.3, 0.4) is 0 Å². The van der Waals surface area contributed by atoms with Crippen LogP contribution in [-0.4, -0.2) is 24.2 Å². The number of hydrogen-bond donors (Lipinski definition) is 1. The topological polar surface area (TPSA) is 15.3 Å². The zero-order valence-corrected chi connectivity index (χ0v) is 12.5. The van der Waals surface area contributed by atoms with Gasteiger partial charge < -0.3 is 10.2 Å². The molecule has 3 heteroatoms. The van der Waals surface area contributed by atoms with E-state index in [1.807, 2.05) is 12.1 Å². The standard InChI is InChI=1S/C15H23ClN2/c1-14(2)8-9-17-11-15(3,4)18(14)13-7-5-6-12(16)10-13/h5-7,10,17H,8-9,11H2,1-4H3. The number of anilines is 1. The summed E-state index contributed by atoms with van der Waals surface area (Å²) in [6, 6.07) is 8.18. The lowest BCUT2D eigenvalue weighted by Crippen LogP contribution is -2.57. The number of nitrogens with one attached hydrogen (secondary N) is 1. The molecular weight excluding hydrogens is 244 g/mol. The molecule has 1 aliphatic heterocycles. The summed E-state index contributed by atoms with van der Waals surface area (Å²) in [5.41, 5.74) is 1.41. The first-order valence-corrected chi connectivity index (χ1v) is 6.97. The van der Waals surface area contributed by atoms with Crippen LogP contribution in [0.15, 0.2) is 24.3 Å². The Balaban J connectivity index is 2.47. The Morgan fingerprint density at radius 1 is 1.17 bits per heavy atom. The van der Waals surface area contributed by atoms with Crippen molar-refractivity contribution in [1.29, 1.82) is 0 Å². The molecule has 0 aromatic heterocycles. The average Bonchev–Trinajstić information content (AvgIpc) is 2.33. The van der Waals surface area contributed by atoms with Gasteiger partial charge in [-0.1, -0.05) is 17.7 Å². The molecule has 18 heavy (non-hydrogen) atoms. The summed E-state index contributed by atoms with van der Waals surface area (Å²) in [7, 11) is 0. The van der Waals surface area contributed by atoms with E-state index in [2.05, 4.69) is 50.0 Å². The number of rotatable bonds is 1. The van der Waals surface area contributed by atoms with Crippen molar-refractivity contribution in [3.63, 3.8) is 0 Å². The van der Waals surface area contributed by atoms with Crippen LogP contribution in [0.5, 0.6) is 0 Å². The number of hydrogen-bond acceptors (Lipinski definition) is 2. The maximum absolute atomic E-state index is 6.15. The van der Waals surface area contributed by atoms with Gasteiger partial charge in [-0.15, -0.1) is 0 Å². The molecule has 1 aromatic rings. The van der Waals surface area contributed by atoms with Crippen molar-refractivity contribution in [2.75, 3.05) is 18.0 Å². The van der Waals surface area contributed by atoms with Crippen molar-refractivity contribution in [1.82, 2.24) is 5.32 Å². The van der Waals surface area contributed by atoms with Crippen LogP contribution < -0.4 is 10.2 Å². The highest BCUT2D eigenvalue weighted by molar-refractivity contribution is 6.30. The molecule has 0 spiro atoms. The number of benzene rings is 1. The van der Waals surface area contributed by atoms with Gasteiger partial charge in [-0.3, -0.25) is 0 Å². The molecule has 1 aliphatic rings. The Bertz CT molecular complexity index is 408. The fourth-order valence-electron chi connectivity index (χ4n) is 3.11. The molecule has 1 fully saturated rings. The van der Waals surface area contributed by atoms with Crippen LogP contribution in [0.2, 0.25) is 5.02 Å². The first kappa shape index (κ1) is 13.7. The fourth-order valence-corrected chi connectivity index (χ4v) is 3.30. The van der Waals surface area contributed by atoms with E-state index in [1.54, 1.807) is 0 Å². The van der Waals surface area contributed by atoms with E-state index in [-0.39, 0.29) is 11.1 Å². The first-order chi connectivity index (χ1) is 8.33. The molecule has 2 rings (SSSR count). The van der Waals surface area contributed by atoms with Gasteiger partial charge in [0.1, 0.15) is 0 Å². The van der Waals surface area contributed by atoms with Gasteiger partial charge >= 0.3 is 0 Å². The van der Waals surface area contributed by atoms with Crippen molar-refractivity contribution < 1.29 is 0 Å². The number of halogens is 1. The summed E-state index contributed by atoms with van der Waals surface area (Å²) < 4.78 is 0. The van der Waals surface area contributed by atoms with Crippen LogP contribution in [-0.2, 0) is 0 Å². The summed E-state index contributed by atoms with van der Waals surface area (Å²) in [5, 5.41) is 4.33. The highest BCUT2D eigenvalue weighted by Gasteiger charge is 2.39. The molecule has 100 valence electrons. The molecule has 0 amide bonds. The minimum absolute atomic E-state index is 0.0741. The lowest BCUT2D eigenvalue weighted by atomic mass is 9.91. The third kappa shape index (κ3) is 2.65. The normalized spacial score (nSPS) is 22.6. The van der Waals surface area contributed by atoms with Crippen LogP contribution in [0, 0.1) is 0 Å². The van der Waals surface area contributed by atoms with Crippen molar-refractivity contribution in [3.8, 4) is 0 Å². The van der Waals surface area contributed by atoms with Crippen LogP contribution in [0.1, 0.15) is 34.1 Å². The van der Waals surface area contributed by atoms with Crippen molar-refractivity contribution in [2.24, 2.45) is 0 Å². The SMILES string of the molecule is CC1(C)CCNCC(C)(C)N1c1cccc(Cl)c1. The molecule has 0 unspecified atom stereocenters. The number of nitrogens with zero attached hydrogens (tertiary/aromatic N) is 1. The van der Waals surface area contributed by atoms with Crippen molar-refractivity contribution in [3.05, 3.63) is 29.3 Å². The van der Waals surface area contributed by atoms with Crippen LogP contribution >= 0.6 is 11.6 Å². The maximum Gasteiger partial charge on any atom is 0.0475 e. The maximum atomic E-state index is 6.15. The van der Waals surface area contributed by atoms with E-state index in [9.17, 15) is 0 Å². The lowest BCUT2D eigenvalue weighted by Gasteiger charge is -2.49. The zero-order chi connectivity index (χ0) is 13.4. The molecule has 1 aromatic carbocycles. The van der Waals surface area contributed by atoms with Gasteiger partial charge in [0.15, 0.2) is 0 Å². The lowest BCUT2D eigenvalue weighted by molar-refractivity contribution is 0.357. The van der Waals surface area contributed by atoms with E-state index in [4.69, 9.17) is 11.6 Å². The smallest absolute Gasteiger partial charge is 0.0475 e. The third-order valence-electron chi connectivity index (χ3n) is 3.75. The predicted octanol–water partition coefficient (Wildman–Crippen LogP) is 3.70. The molecule has 0 bridgehead atoms. The second-order valence-electron chi connectivity index (χ2n) is 6.37. The molecular formula is C15H23ClN2. The van der Waals surface area contributed by atoms with Gasteiger partial charge in [-0.25, -0.2) is 0 Å². The summed E-state index contributed by atoms with van der Waals surface area (Å²) >= 11 is 6.15. The van der Waals surface area contributed by atoms with Gasteiger partial charge in [0.25, 0.3) is 0 Å². The summed E-state index contributed by atoms with van der Waals surface area (Å²) in [4.78, 5) is 2.51. The van der Waals surface area contributed by atoms with Crippen molar-refractivity contribution >= 4 is 17.3 Å². The van der Waals surface area contributed by atoms with Crippen LogP contribution in [0.25, 0.3) is 0 Å². The molecule has 0 radical (unpaired) electrons. The molecule has 0 saturated carbocycles. The Hall–Kier alpha value is -0.730. The molecule has 1 heterocycles. The predicted molar refractivity (Wildman–Crippen MR) is 79.6 cm³/mol. The molecule has 0 atom stereocenters. The molecule has 1 N–H and O–H groups in total. The van der Waals surface area contributed by atoms with E-state index < -0.39 is 0 Å². The Kier molecular flexibility index (Phi) is 3.61. The monoisotopic (exact) mass is 266 g/mol. The second kappa shape index (κ2) is 4.75. The summed E-state index contributed by atoms with van der Waals surface area (Å²) in [6.07, 6.45) is 1.13. The Labute approximate surface area is 115 Å².